The molecular formula is C16H24N2O2. The van der Waals surface area contributed by atoms with Gasteiger partial charge in [0.15, 0.2) is 0 Å². The van der Waals surface area contributed by atoms with Crippen molar-refractivity contribution in [2.45, 2.75) is 52.2 Å². The van der Waals surface area contributed by atoms with Crippen molar-refractivity contribution in [1.29, 1.82) is 0 Å². The van der Waals surface area contributed by atoms with E-state index in [0.29, 0.717) is 6.54 Å². The Morgan fingerprint density at radius 2 is 2.10 bits per heavy atom. The fourth-order valence-electron chi connectivity index (χ4n) is 2.58. The van der Waals surface area contributed by atoms with Crippen molar-refractivity contribution in [3.63, 3.8) is 0 Å². The number of amides is 1. The zero-order valence-electron chi connectivity index (χ0n) is 12.8. The van der Waals surface area contributed by atoms with Crippen LogP contribution in [0.3, 0.4) is 0 Å². The van der Waals surface area contributed by atoms with E-state index in [1.54, 1.807) is 4.90 Å². The molecule has 4 nitrogen and oxygen atoms in total. The predicted octanol–water partition coefficient (Wildman–Crippen LogP) is 3.39. The van der Waals surface area contributed by atoms with E-state index in [2.05, 4.69) is 0 Å². The van der Waals surface area contributed by atoms with Crippen LogP contribution in [0.15, 0.2) is 18.2 Å². The maximum Gasteiger partial charge on any atom is 0.414 e. The molecule has 1 aromatic rings. The van der Waals surface area contributed by atoms with Crippen molar-refractivity contribution in [3.8, 4) is 0 Å². The van der Waals surface area contributed by atoms with Gasteiger partial charge in [-0.25, -0.2) is 4.79 Å². The Labute approximate surface area is 120 Å². The molecule has 20 heavy (non-hydrogen) atoms. The van der Waals surface area contributed by atoms with Crippen LogP contribution >= 0.6 is 0 Å². The molecule has 1 amide bonds. The number of carbonyl (C=O) groups is 1. The lowest BCUT2D eigenvalue weighted by molar-refractivity contribution is 0.0578. The van der Waals surface area contributed by atoms with Gasteiger partial charge in [-0.1, -0.05) is 12.1 Å². The van der Waals surface area contributed by atoms with E-state index >= 15 is 0 Å². The average molecular weight is 276 g/mol. The molecule has 0 saturated carbocycles. The molecule has 0 aromatic heterocycles. The van der Waals surface area contributed by atoms with Gasteiger partial charge in [-0.3, -0.25) is 4.90 Å². The number of ether oxygens (including phenoxy) is 1. The number of nitrogens with zero attached hydrogens (tertiary/aromatic N) is 1. The fourth-order valence-corrected chi connectivity index (χ4v) is 2.58. The second-order valence-electron chi connectivity index (χ2n) is 6.37. The third-order valence-electron chi connectivity index (χ3n) is 3.39. The molecule has 2 N–H and O–H groups in total. The van der Waals surface area contributed by atoms with Crippen molar-refractivity contribution in [3.05, 3.63) is 29.3 Å². The minimum atomic E-state index is -0.479. The third-order valence-corrected chi connectivity index (χ3v) is 3.39. The van der Waals surface area contributed by atoms with Crippen LogP contribution in [-0.4, -0.2) is 18.2 Å². The van der Waals surface area contributed by atoms with E-state index in [0.717, 1.165) is 24.1 Å². The van der Waals surface area contributed by atoms with Crippen LogP contribution in [0, 0.1) is 0 Å². The SMILES string of the molecule is C[C@@H](N)c1cccc2c1CCCN2C(=O)OC(C)(C)C. The first kappa shape index (κ1) is 14.9. The number of benzene rings is 1. The summed E-state index contributed by atoms with van der Waals surface area (Å²) in [6, 6.07) is 5.95. The maximum atomic E-state index is 12.3. The van der Waals surface area contributed by atoms with Crippen molar-refractivity contribution in [2.75, 3.05) is 11.4 Å². The van der Waals surface area contributed by atoms with Gasteiger partial charge in [-0.2, -0.15) is 0 Å². The lowest BCUT2D eigenvalue weighted by atomic mass is 9.93. The van der Waals surface area contributed by atoms with Crippen LogP contribution in [0.2, 0.25) is 0 Å². The van der Waals surface area contributed by atoms with E-state index in [1.165, 1.54) is 5.56 Å². The highest BCUT2D eigenvalue weighted by molar-refractivity contribution is 5.89. The molecule has 0 fully saturated rings. The number of hydrogen-bond acceptors (Lipinski definition) is 3. The molecule has 4 heteroatoms. The Balaban J connectivity index is 2.34. The Morgan fingerprint density at radius 1 is 1.40 bits per heavy atom. The van der Waals surface area contributed by atoms with Gasteiger partial charge in [-0.15, -0.1) is 0 Å². The highest BCUT2D eigenvalue weighted by Crippen LogP contribution is 2.33. The number of anilines is 1. The van der Waals surface area contributed by atoms with E-state index in [9.17, 15) is 4.79 Å². The van der Waals surface area contributed by atoms with Gasteiger partial charge in [0, 0.05) is 12.6 Å². The molecule has 0 radical (unpaired) electrons. The minimum absolute atomic E-state index is 0.0245. The van der Waals surface area contributed by atoms with Gasteiger partial charge in [0.1, 0.15) is 5.60 Å². The van der Waals surface area contributed by atoms with Gasteiger partial charge in [0.05, 0.1) is 5.69 Å². The van der Waals surface area contributed by atoms with Crippen molar-refractivity contribution in [1.82, 2.24) is 0 Å². The summed E-state index contributed by atoms with van der Waals surface area (Å²) in [5.41, 5.74) is 8.79. The van der Waals surface area contributed by atoms with Crippen LogP contribution in [0.4, 0.5) is 10.5 Å². The summed E-state index contributed by atoms with van der Waals surface area (Å²) in [6.45, 7) is 8.32. The highest BCUT2D eigenvalue weighted by atomic mass is 16.6. The topological polar surface area (TPSA) is 55.6 Å². The molecule has 1 heterocycles. The van der Waals surface area contributed by atoms with Gasteiger partial charge in [0.25, 0.3) is 0 Å². The summed E-state index contributed by atoms with van der Waals surface area (Å²) in [4.78, 5) is 14.1. The summed E-state index contributed by atoms with van der Waals surface area (Å²) < 4.78 is 5.49. The molecule has 2 rings (SSSR count). The number of nitrogens with two attached hydrogens (primary N) is 1. The van der Waals surface area contributed by atoms with Crippen LogP contribution in [0.25, 0.3) is 0 Å². The molecule has 0 unspecified atom stereocenters. The number of hydrogen-bond donors (Lipinski definition) is 1. The molecule has 0 aliphatic carbocycles. The Bertz CT molecular complexity index is 504. The van der Waals surface area contributed by atoms with E-state index < -0.39 is 5.60 Å². The molecule has 0 saturated heterocycles. The molecule has 1 aliphatic heterocycles. The summed E-state index contributed by atoms with van der Waals surface area (Å²) in [5, 5.41) is 0. The molecule has 1 atom stereocenters. The van der Waals surface area contributed by atoms with Crippen LogP contribution in [0.5, 0.6) is 0 Å². The maximum absolute atomic E-state index is 12.3. The third kappa shape index (κ3) is 3.12. The summed E-state index contributed by atoms with van der Waals surface area (Å²) in [7, 11) is 0. The number of fused-ring (bicyclic) bond motifs is 1. The zero-order valence-corrected chi connectivity index (χ0v) is 12.8. The van der Waals surface area contributed by atoms with Crippen molar-refractivity contribution in [2.24, 2.45) is 5.73 Å². The van der Waals surface area contributed by atoms with Crippen molar-refractivity contribution < 1.29 is 9.53 Å². The normalized spacial score (nSPS) is 16.6. The van der Waals surface area contributed by atoms with Gasteiger partial charge >= 0.3 is 6.09 Å². The fraction of sp³-hybridized carbons (Fsp3) is 0.562. The Hall–Kier alpha value is -1.55. The molecule has 0 bridgehead atoms. The Morgan fingerprint density at radius 3 is 2.70 bits per heavy atom. The zero-order chi connectivity index (χ0) is 14.9. The van der Waals surface area contributed by atoms with Gasteiger partial charge < -0.3 is 10.5 Å². The Kier molecular flexibility index (Phi) is 4.04. The summed E-state index contributed by atoms with van der Waals surface area (Å²) in [6.07, 6.45) is 1.63. The smallest absolute Gasteiger partial charge is 0.414 e. The first-order valence-corrected chi connectivity index (χ1v) is 7.17. The molecule has 1 aliphatic rings. The first-order chi connectivity index (χ1) is 9.29. The highest BCUT2D eigenvalue weighted by Gasteiger charge is 2.28. The van der Waals surface area contributed by atoms with E-state index in [-0.39, 0.29) is 12.1 Å². The lowest BCUT2D eigenvalue weighted by Crippen LogP contribution is -2.40. The van der Waals surface area contributed by atoms with Gasteiger partial charge in [-0.05, 0) is 57.7 Å². The van der Waals surface area contributed by atoms with E-state index in [4.69, 9.17) is 10.5 Å². The summed E-state index contributed by atoms with van der Waals surface area (Å²) >= 11 is 0. The molecule has 1 aromatic carbocycles. The summed E-state index contributed by atoms with van der Waals surface area (Å²) in [5.74, 6) is 0. The molecule has 0 spiro atoms. The lowest BCUT2D eigenvalue weighted by Gasteiger charge is -2.33. The average Bonchev–Trinajstić information content (AvgIpc) is 2.35. The van der Waals surface area contributed by atoms with Crippen LogP contribution in [-0.2, 0) is 11.2 Å². The first-order valence-electron chi connectivity index (χ1n) is 7.17. The molecular weight excluding hydrogens is 252 g/mol. The largest absolute Gasteiger partial charge is 0.443 e. The van der Waals surface area contributed by atoms with E-state index in [1.807, 2.05) is 45.9 Å². The molecule has 110 valence electrons. The minimum Gasteiger partial charge on any atom is -0.443 e. The van der Waals surface area contributed by atoms with Gasteiger partial charge in [0.2, 0.25) is 0 Å². The quantitative estimate of drug-likeness (QED) is 0.855. The number of carbonyl (C=O) groups excluding carboxylic acids is 1. The standard InChI is InChI=1S/C16H24N2O2/c1-11(17)12-7-5-9-14-13(12)8-6-10-18(14)15(19)20-16(2,3)4/h5,7,9,11H,6,8,10,17H2,1-4H3/t11-/m1/s1. The van der Waals surface area contributed by atoms with Crippen molar-refractivity contribution >= 4 is 11.8 Å². The second kappa shape index (κ2) is 5.44. The van der Waals surface area contributed by atoms with Crippen LogP contribution < -0.4 is 10.6 Å². The van der Waals surface area contributed by atoms with Crippen LogP contribution in [0.1, 0.15) is 51.3 Å². The predicted molar refractivity (Wildman–Crippen MR) is 80.9 cm³/mol. The second-order valence-corrected chi connectivity index (χ2v) is 6.37. The monoisotopic (exact) mass is 276 g/mol. The number of rotatable bonds is 1.